The van der Waals surface area contributed by atoms with Crippen molar-refractivity contribution in [2.24, 2.45) is 5.92 Å². The number of nitrogens with one attached hydrogen (secondary N) is 2. The SMILES string of the molecule is O=C(NC1(c2ccccc2)CCC1)C1CCNCC1. The summed E-state index contributed by atoms with van der Waals surface area (Å²) in [5, 5.41) is 6.66. The summed E-state index contributed by atoms with van der Waals surface area (Å²) in [5.41, 5.74) is 1.19. The van der Waals surface area contributed by atoms with Crippen LogP contribution in [0.4, 0.5) is 0 Å². The Hall–Kier alpha value is -1.35. The van der Waals surface area contributed by atoms with Crippen molar-refractivity contribution >= 4 is 5.91 Å². The maximum Gasteiger partial charge on any atom is 0.223 e. The largest absolute Gasteiger partial charge is 0.346 e. The summed E-state index contributed by atoms with van der Waals surface area (Å²) in [7, 11) is 0. The third-order valence-electron chi connectivity index (χ3n) is 4.61. The molecule has 1 aliphatic heterocycles. The molecule has 0 aromatic heterocycles. The topological polar surface area (TPSA) is 41.1 Å². The molecule has 0 spiro atoms. The van der Waals surface area contributed by atoms with Gasteiger partial charge in [-0.1, -0.05) is 30.3 Å². The quantitative estimate of drug-likeness (QED) is 0.872. The summed E-state index contributed by atoms with van der Waals surface area (Å²) >= 11 is 0. The molecule has 0 atom stereocenters. The molecule has 1 aromatic carbocycles. The lowest BCUT2D eigenvalue weighted by atomic mass is 9.71. The van der Waals surface area contributed by atoms with E-state index in [1.165, 1.54) is 12.0 Å². The predicted octanol–water partition coefficient (Wildman–Crippen LogP) is 2.18. The molecule has 1 amide bonds. The van der Waals surface area contributed by atoms with E-state index in [0.29, 0.717) is 0 Å². The molecule has 19 heavy (non-hydrogen) atoms. The zero-order valence-corrected chi connectivity index (χ0v) is 11.3. The molecule has 3 nitrogen and oxygen atoms in total. The Bertz CT molecular complexity index is 433. The number of benzene rings is 1. The van der Waals surface area contributed by atoms with Gasteiger partial charge in [0, 0.05) is 5.92 Å². The molecule has 1 heterocycles. The molecule has 102 valence electrons. The summed E-state index contributed by atoms with van der Waals surface area (Å²) in [6.45, 7) is 1.94. The smallest absolute Gasteiger partial charge is 0.223 e. The summed E-state index contributed by atoms with van der Waals surface area (Å²) in [4.78, 5) is 12.4. The number of piperidine rings is 1. The first-order valence-corrected chi connectivity index (χ1v) is 7.38. The maximum absolute atomic E-state index is 12.4. The molecule has 2 aliphatic rings. The molecule has 1 aliphatic carbocycles. The van der Waals surface area contributed by atoms with E-state index < -0.39 is 0 Å². The van der Waals surface area contributed by atoms with Crippen molar-refractivity contribution in [3.63, 3.8) is 0 Å². The van der Waals surface area contributed by atoms with Gasteiger partial charge in [-0.3, -0.25) is 4.79 Å². The fourth-order valence-electron chi connectivity index (χ4n) is 3.20. The van der Waals surface area contributed by atoms with E-state index in [0.717, 1.165) is 38.8 Å². The third-order valence-corrected chi connectivity index (χ3v) is 4.61. The Morgan fingerprint density at radius 3 is 2.42 bits per heavy atom. The Balaban J connectivity index is 1.71. The van der Waals surface area contributed by atoms with E-state index >= 15 is 0 Å². The van der Waals surface area contributed by atoms with E-state index in [-0.39, 0.29) is 17.4 Å². The average molecular weight is 258 g/mol. The van der Waals surface area contributed by atoms with Crippen molar-refractivity contribution in [3.8, 4) is 0 Å². The minimum atomic E-state index is -0.0801. The van der Waals surface area contributed by atoms with E-state index in [1.807, 2.05) is 6.07 Å². The molecule has 1 saturated heterocycles. The van der Waals surface area contributed by atoms with Gasteiger partial charge in [0.15, 0.2) is 0 Å². The van der Waals surface area contributed by atoms with Gasteiger partial charge in [0.2, 0.25) is 5.91 Å². The van der Waals surface area contributed by atoms with E-state index in [2.05, 4.69) is 34.9 Å². The van der Waals surface area contributed by atoms with Crippen molar-refractivity contribution < 1.29 is 4.79 Å². The first kappa shape index (κ1) is 12.7. The van der Waals surface area contributed by atoms with Gasteiger partial charge in [-0.2, -0.15) is 0 Å². The Morgan fingerprint density at radius 2 is 1.84 bits per heavy atom. The zero-order chi connectivity index (χ0) is 13.1. The molecular weight excluding hydrogens is 236 g/mol. The summed E-state index contributed by atoms with van der Waals surface area (Å²) in [5.74, 6) is 0.451. The van der Waals surface area contributed by atoms with Crippen LogP contribution in [0.3, 0.4) is 0 Å². The molecule has 0 radical (unpaired) electrons. The molecule has 2 fully saturated rings. The molecule has 1 aromatic rings. The van der Waals surface area contributed by atoms with Gasteiger partial charge in [-0.05, 0) is 50.8 Å². The second-order valence-electron chi connectivity index (χ2n) is 5.82. The molecule has 0 bridgehead atoms. The summed E-state index contributed by atoms with van der Waals surface area (Å²) in [6.07, 6.45) is 5.30. The van der Waals surface area contributed by atoms with Crippen molar-refractivity contribution in [3.05, 3.63) is 35.9 Å². The summed E-state index contributed by atoms with van der Waals surface area (Å²) < 4.78 is 0. The number of amides is 1. The third kappa shape index (κ3) is 2.52. The van der Waals surface area contributed by atoms with Crippen molar-refractivity contribution in [2.45, 2.75) is 37.6 Å². The highest BCUT2D eigenvalue weighted by Gasteiger charge is 2.41. The maximum atomic E-state index is 12.4. The Labute approximate surface area is 114 Å². The lowest BCUT2D eigenvalue weighted by molar-refractivity contribution is -0.129. The lowest BCUT2D eigenvalue weighted by Gasteiger charge is -2.44. The van der Waals surface area contributed by atoms with Crippen LogP contribution in [0, 0.1) is 5.92 Å². The van der Waals surface area contributed by atoms with Crippen LogP contribution in [-0.4, -0.2) is 19.0 Å². The second kappa shape index (κ2) is 5.33. The first-order valence-electron chi connectivity index (χ1n) is 7.38. The van der Waals surface area contributed by atoms with Crippen LogP contribution in [-0.2, 0) is 10.3 Å². The summed E-state index contributed by atoms with van der Waals surface area (Å²) in [6, 6.07) is 10.4. The zero-order valence-electron chi connectivity index (χ0n) is 11.3. The van der Waals surface area contributed by atoms with Gasteiger partial charge < -0.3 is 10.6 Å². The number of hydrogen-bond donors (Lipinski definition) is 2. The van der Waals surface area contributed by atoms with Gasteiger partial charge in [0.25, 0.3) is 0 Å². The second-order valence-corrected chi connectivity index (χ2v) is 5.82. The highest BCUT2D eigenvalue weighted by Crippen LogP contribution is 2.41. The van der Waals surface area contributed by atoms with Crippen molar-refractivity contribution in [1.29, 1.82) is 0 Å². The normalized spacial score (nSPS) is 22.5. The van der Waals surface area contributed by atoms with Crippen molar-refractivity contribution in [1.82, 2.24) is 10.6 Å². The molecule has 3 rings (SSSR count). The molecule has 0 unspecified atom stereocenters. The van der Waals surface area contributed by atoms with Crippen LogP contribution in [0.1, 0.15) is 37.7 Å². The highest BCUT2D eigenvalue weighted by molar-refractivity contribution is 5.80. The number of rotatable bonds is 3. The van der Waals surface area contributed by atoms with Crippen LogP contribution in [0.25, 0.3) is 0 Å². The first-order chi connectivity index (χ1) is 9.30. The van der Waals surface area contributed by atoms with E-state index in [1.54, 1.807) is 0 Å². The van der Waals surface area contributed by atoms with Gasteiger partial charge in [0.05, 0.1) is 5.54 Å². The monoisotopic (exact) mass is 258 g/mol. The van der Waals surface area contributed by atoms with Gasteiger partial charge in [-0.15, -0.1) is 0 Å². The minimum Gasteiger partial charge on any atom is -0.346 e. The van der Waals surface area contributed by atoms with Gasteiger partial charge in [-0.25, -0.2) is 0 Å². The number of hydrogen-bond acceptors (Lipinski definition) is 2. The van der Waals surface area contributed by atoms with E-state index in [4.69, 9.17) is 0 Å². The van der Waals surface area contributed by atoms with E-state index in [9.17, 15) is 4.79 Å². The molecule has 1 saturated carbocycles. The van der Waals surface area contributed by atoms with Crippen LogP contribution in [0.2, 0.25) is 0 Å². The standard InChI is InChI=1S/C16H22N2O/c19-15(13-7-11-17-12-8-13)18-16(9-4-10-16)14-5-2-1-3-6-14/h1-3,5-6,13,17H,4,7-12H2,(H,18,19). The van der Waals surface area contributed by atoms with Crippen molar-refractivity contribution in [2.75, 3.05) is 13.1 Å². The van der Waals surface area contributed by atoms with Crippen LogP contribution >= 0.6 is 0 Å². The van der Waals surface area contributed by atoms with Gasteiger partial charge in [0.1, 0.15) is 0 Å². The predicted molar refractivity (Wildman–Crippen MR) is 75.7 cm³/mol. The van der Waals surface area contributed by atoms with Gasteiger partial charge >= 0.3 is 0 Å². The Kier molecular flexibility index (Phi) is 3.56. The number of carbonyl (C=O) groups excluding carboxylic acids is 1. The Morgan fingerprint density at radius 1 is 1.16 bits per heavy atom. The highest BCUT2D eigenvalue weighted by atomic mass is 16.2. The molecule has 2 N–H and O–H groups in total. The van der Waals surface area contributed by atoms with Crippen LogP contribution in [0.5, 0.6) is 0 Å². The fraction of sp³-hybridized carbons (Fsp3) is 0.562. The minimum absolute atomic E-state index is 0.0801. The number of carbonyl (C=O) groups is 1. The van der Waals surface area contributed by atoms with Crippen LogP contribution < -0.4 is 10.6 Å². The fourth-order valence-corrected chi connectivity index (χ4v) is 3.20. The lowest BCUT2D eigenvalue weighted by Crippen LogP contribution is -2.53. The molecular formula is C16H22N2O. The van der Waals surface area contributed by atoms with Crippen LogP contribution in [0.15, 0.2) is 30.3 Å². The average Bonchev–Trinajstić information content (AvgIpc) is 2.44. The molecule has 3 heteroatoms.